The third-order valence-corrected chi connectivity index (χ3v) is 2.05. The van der Waals surface area contributed by atoms with Crippen molar-refractivity contribution in [1.29, 1.82) is 0 Å². The highest BCUT2D eigenvalue weighted by atomic mass is 35.5. The van der Waals surface area contributed by atoms with Gasteiger partial charge >= 0.3 is 0 Å². The molecule has 0 aliphatic carbocycles. The van der Waals surface area contributed by atoms with Crippen molar-refractivity contribution in [2.75, 3.05) is 11.2 Å². The lowest BCUT2D eigenvalue weighted by Gasteiger charge is -2.23. The summed E-state index contributed by atoms with van der Waals surface area (Å²) in [5, 5.41) is 3.18. The molecule has 0 aliphatic rings. The van der Waals surface area contributed by atoms with Crippen LogP contribution in [0.15, 0.2) is 18.6 Å². The van der Waals surface area contributed by atoms with Gasteiger partial charge < -0.3 is 5.32 Å². The smallest absolute Gasteiger partial charge is 0.129 e. The zero-order valence-corrected chi connectivity index (χ0v) is 7.97. The number of hydrogen-bond acceptors (Lipinski definition) is 3. The summed E-state index contributed by atoms with van der Waals surface area (Å²) in [5.41, 5.74) is -0.129. The first-order valence-electron chi connectivity index (χ1n) is 3.74. The van der Waals surface area contributed by atoms with E-state index in [0.717, 1.165) is 5.82 Å². The van der Waals surface area contributed by atoms with E-state index in [9.17, 15) is 0 Å². The molecule has 0 unspecified atom stereocenters. The molecule has 12 heavy (non-hydrogen) atoms. The van der Waals surface area contributed by atoms with Gasteiger partial charge in [0.25, 0.3) is 0 Å². The molecule has 4 heteroatoms. The van der Waals surface area contributed by atoms with Gasteiger partial charge in [-0.1, -0.05) is 0 Å². The highest BCUT2D eigenvalue weighted by molar-refractivity contribution is 6.18. The number of nitrogens with one attached hydrogen (secondary N) is 1. The first kappa shape index (κ1) is 9.26. The fourth-order valence-electron chi connectivity index (χ4n) is 0.745. The summed E-state index contributed by atoms with van der Waals surface area (Å²) in [6, 6.07) is 1.81. The second-order valence-electron chi connectivity index (χ2n) is 3.24. The number of aromatic nitrogens is 2. The largest absolute Gasteiger partial charge is 0.364 e. The first-order valence-corrected chi connectivity index (χ1v) is 4.28. The Morgan fingerprint density at radius 3 is 2.83 bits per heavy atom. The summed E-state index contributed by atoms with van der Waals surface area (Å²) >= 11 is 5.74. The summed E-state index contributed by atoms with van der Waals surface area (Å²) in [5.74, 6) is 1.34. The Kier molecular flexibility index (Phi) is 2.87. The minimum Gasteiger partial charge on any atom is -0.364 e. The lowest BCUT2D eigenvalue weighted by Crippen LogP contribution is -2.33. The van der Waals surface area contributed by atoms with Crippen LogP contribution in [-0.4, -0.2) is 21.4 Å². The Labute approximate surface area is 77.2 Å². The van der Waals surface area contributed by atoms with Crippen LogP contribution in [0.25, 0.3) is 0 Å². The summed E-state index contributed by atoms with van der Waals surface area (Å²) < 4.78 is 0. The monoisotopic (exact) mass is 185 g/mol. The quantitative estimate of drug-likeness (QED) is 0.732. The Hall–Kier alpha value is -0.830. The predicted molar refractivity (Wildman–Crippen MR) is 50.5 cm³/mol. The van der Waals surface area contributed by atoms with E-state index in [1.807, 2.05) is 19.9 Å². The molecular weight excluding hydrogens is 174 g/mol. The molecule has 1 heterocycles. The van der Waals surface area contributed by atoms with Gasteiger partial charge in [0.15, 0.2) is 0 Å². The zero-order valence-electron chi connectivity index (χ0n) is 7.21. The minimum absolute atomic E-state index is 0.129. The van der Waals surface area contributed by atoms with Gasteiger partial charge in [0.2, 0.25) is 0 Å². The van der Waals surface area contributed by atoms with Crippen molar-refractivity contribution >= 4 is 17.4 Å². The van der Waals surface area contributed by atoms with Crippen molar-refractivity contribution in [3.63, 3.8) is 0 Å². The van der Waals surface area contributed by atoms with Crippen molar-refractivity contribution in [2.45, 2.75) is 19.4 Å². The van der Waals surface area contributed by atoms with Crippen LogP contribution in [0.5, 0.6) is 0 Å². The fourth-order valence-corrected chi connectivity index (χ4v) is 0.812. The van der Waals surface area contributed by atoms with Crippen molar-refractivity contribution in [3.8, 4) is 0 Å². The lowest BCUT2D eigenvalue weighted by atomic mass is 10.1. The molecular formula is C8H12ClN3. The number of halogens is 1. The average molecular weight is 186 g/mol. The van der Waals surface area contributed by atoms with E-state index in [1.165, 1.54) is 6.33 Å². The molecule has 0 saturated heterocycles. The molecule has 0 fully saturated rings. The molecule has 3 nitrogen and oxygen atoms in total. The minimum atomic E-state index is -0.129. The summed E-state index contributed by atoms with van der Waals surface area (Å²) in [7, 11) is 0. The van der Waals surface area contributed by atoms with E-state index in [-0.39, 0.29) is 5.54 Å². The van der Waals surface area contributed by atoms with Gasteiger partial charge in [0.1, 0.15) is 12.1 Å². The van der Waals surface area contributed by atoms with E-state index in [4.69, 9.17) is 11.6 Å². The number of nitrogens with zero attached hydrogens (tertiary/aromatic N) is 2. The van der Waals surface area contributed by atoms with Crippen molar-refractivity contribution in [1.82, 2.24) is 9.97 Å². The van der Waals surface area contributed by atoms with Crippen LogP contribution in [0.2, 0.25) is 0 Å². The second-order valence-corrected chi connectivity index (χ2v) is 3.50. The SMILES string of the molecule is CC(C)(CCl)Nc1ccncn1. The highest BCUT2D eigenvalue weighted by Crippen LogP contribution is 2.12. The van der Waals surface area contributed by atoms with Crippen LogP contribution in [0.4, 0.5) is 5.82 Å². The molecule has 0 radical (unpaired) electrons. The molecule has 0 spiro atoms. The van der Waals surface area contributed by atoms with Gasteiger partial charge in [-0.15, -0.1) is 11.6 Å². The number of rotatable bonds is 3. The first-order chi connectivity index (χ1) is 5.64. The van der Waals surface area contributed by atoms with Gasteiger partial charge in [0, 0.05) is 17.6 Å². The molecule has 1 aromatic heterocycles. The molecule has 0 aromatic carbocycles. The van der Waals surface area contributed by atoms with E-state index < -0.39 is 0 Å². The molecule has 0 saturated carbocycles. The van der Waals surface area contributed by atoms with Crippen molar-refractivity contribution in [3.05, 3.63) is 18.6 Å². The summed E-state index contributed by atoms with van der Waals surface area (Å²) in [4.78, 5) is 7.85. The van der Waals surface area contributed by atoms with Gasteiger partial charge in [-0.3, -0.25) is 0 Å². The maximum absolute atomic E-state index is 5.74. The molecule has 0 aliphatic heterocycles. The Balaban J connectivity index is 2.64. The molecule has 1 aromatic rings. The highest BCUT2D eigenvalue weighted by Gasteiger charge is 2.15. The van der Waals surface area contributed by atoms with E-state index >= 15 is 0 Å². The van der Waals surface area contributed by atoms with Crippen LogP contribution in [0, 0.1) is 0 Å². The van der Waals surface area contributed by atoms with Gasteiger partial charge in [-0.2, -0.15) is 0 Å². The standard InChI is InChI=1S/C8H12ClN3/c1-8(2,5-9)12-7-3-4-10-6-11-7/h3-4,6H,5H2,1-2H3,(H,10,11,12). The zero-order chi connectivity index (χ0) is 9.03. The van der Waals surface area contributed by atoms with Crippen LogP contribution >= 0.6 is 11.6 Å². The van der Waals surface area contributed by atoms with E-state index in [0.29, 0.717) is 5.88 Å². The van der Waals surface area contributed by atoms with E-state index in [2.05, 4.69) is 15.3 Å². The van der Waals surface area contributed by atoms with Crippen molar-refractivity contribution in [2.24, 2.45) is 0 Å². The number of alkyl halides is 1. The van der Waals surface area contributed by atoms with E-state index in [1.54, 1.807) is 6.20 Å². The normalized spacial score (nSPS) is 11.2. The Bertz CT molecular complexity index is 235. The molecule has 0 amide bonds. The summed E-state index contributed by atoms with van der Waals surface area (Å²) in [6.07, 6.45) is 3.20. The van der Waals surface area contributed by atoms with Crippen LogP contribution < -0.4 is 5.32 Å². The Morgan fingerprint density at radius 2 is 2.33 bits per heavy atom. The van der Waals surface area contributed by atoms with Crippen molar-refractivity contribution < 1.29 is 0 Å². The number of hydrogen-bond donors (Lipinski definition) is 1. The van der Waals surface area contributed by atoms with Gasteiger partial charge in [0.05, 0.1) is 0 Å². The molecule has 66 valence electrons. The Morgan fingerprint density at radius 1 is 1.58 bits per heavy atom. The van der Waals surface area contributed by atoms with Crippen LogP contribution in [0.1, 0.15) is 13.8 Å². The number of anilines is 1. The average Bonchev–Trinajstić information content (AvgIpc) is 2.06. The molecule has 0 bridgehead atoms. The van der Waals surface area contributed by atoms with Gasteiger partial charge in [-0.25, -0.2) is 9.97 Å². The van der Waals surface area contributed by atoms with Gasteiger partial charge in [-0.05, 0) is 19.9 Å². The summed E-state index contributed by atoms with van der Waals surface area (Å²) in [6.45, 7) is 4.03. The van der Waals surface area contributed by atoms with Crippen LogP contribution in [-0.2, 0) is 0 Å². The maximum atomic E-state index is 5.74. The topological polar surface area (TPSA) is 37.8 Å². The second kappa shape index (κ2) is 3.72. The lowest BCUT2D eigenvalue weighted by molar-refractivity contribution is 0.637. The third-order valence-electron chi connectivity index (χ3n) is 1.38. The third kappa shape index (κ3) is 2.66. The molecule has 0 atom stereocenters. The van der Waals surface area contributed by atoms with Crippen LogP contribution in [0.3, 0.4) is 0 Å². The molecule has 1 rings (SSSR count). The predicted octanol–water partition coefficient (Wildman–Crippen LogP) is 1.91. The fraction of sp³-hybridized carbons (Fsp3) is 0.500. The maximum Gasteiger partial charge on any atom is 0.129 e. The molecule has 1 N–H and O–H groups in total.